The molecule has 2 unspecified atom stereocenters. The second-order valence-corrected chi connectivity index (χ2v) is 21.3. The van der Waals surface area contributed by atoms with Gasteiger partial charge in [0.15, 0.2) is 6.10 Å². The smallest absolute Gasteiger partial charge is 0.462 e. The quantitative estimate of drug-likeness (QED) is 0.0264. The summed E-state index contributed by atoms with van der Waals surface area (Å²) in [6.45, 7) is 3.73. The van der Waals surface area contributed by atoms with Crippen molar-refractivity contribution in [1.29, 1.82) is 0 Å². The highest BCUT2D eigenvalue weighted by atomic mass is 31.2. The molecule has 10 heteroatoms. The maximum atomic E-state index is 12.7. The highest BCUT2D eigenvalue weighted by Gasteiger charge is 2.26. The second kappa shape index (κ2) is 57.0. The van der Waals surface area contributed by atoms with Crippen LogP contribution >= 0.6 is 7.82 Å². The number of carbonyl (C=O) groups excluding carboxylic acids is 2. The summed E-state index contributed by atoms with van der Waals surface area (Å²) in [5.74, 6) is -0.824. The van der Waals surface area contributed by atoms with Gasteiger partial charge in [-0.05, 0) is 83.5 Å². The monoisotopic (exact) mass is 1020 g/mol. The Labute approximate surface area is 438 Å². The number of rotatable bonds is 56. The number of nitrogens with two attached hydrogens (primary N) is 1. The first kappa shape index (κ1) is 68.7. The predicted octanol–water partition coefficient (Wildman–Crippen LogP) is 18.7. The Morgan fingerprint density at radius 3 is 1.11 bits per heavy atom. The number of carbonyl (C=O) groups is 2. The van der Waals surface area contributed by atoms with Gasteiger partial charge in [-0.1, -0.05) is 248 Å². The minimum Gasteiger partial charge on any atom is -0.462 e. The van der Waals surface area contributed by atoms with Gasteiger partial charge in [0.1, 0.15) is 6.61 Å². The van der Waals surface area contributed by atoms with Crippen molar-refractivity contribution in [2.75, 3.05) is 26.4 Å². The van der Waals surface area contributed by atoms with E-state index in [1.165, 1.54) is 193 Å². The standard InChI is InChI=1S/C61H112NO8P/c1-3-5-7-9-11-13-15-17-19-21-23-24-25-26-27-28-29-30-31-32-33-34-36-38-40-42-44-46-48-50-52-54-61(64)70-59(58-69-71(65,66)68-56-55-62)57-67-60(63)53-51-49-47-45-43-41-39-37-35-22-20-18-16-14-12-10-8-6-4-2/h12,14-15,17-18,20-21,23,25-26,59H,3-11,13,16,19,22,24,27-58,62H2,1-2H3,(H,65,66)/b14-12-,17-15-,20-18-,23-21-,26-25-. The van der Waals surface area contributed by atoms with Gasteiger partial charge in [0.2, 0.25) is 0 Å². The maximum Gasteiger partial charge on any atom is 0.472 e. The summed E-state index contributed by atoms with van der Waals surface area (Å²) in [5.41, 5.74) is 5.38. The number of phosphoric ester groups is 1. The molecule has 0 radical (unpaired) electrons. The molecule has 0 heterocycles. The summed E-state index contributed by atoms with van der Waals surface area (Å²) in [5, 5.41) is 0. The largest absolute Gasteiger partial charge is 0.472 e. The molecule has 2 atom stereocenters. The molecule has 0 aliphatic rings. The fourth-order valence-electron chi connectivity index (χ4n) is 8.44. The van der Waals surface area contributed by atoms with Gasteiger partial charge in [0, 0.05) is 19.4 Å². The van der Waals surface area contributed by atoms with Crippen molar-refractivity contribution in [3.63, 3.8) is 0 Å². The molecular formula is C61H112NO8P. The molecule has 71 heavy (non-hydrogen) atoms. The number of ether oxygens (including phenoxy) is 2. The molecule has 0 aromatic rings. The van der Waals surface area contributed by atoms with Crippen LogP contribution in [-0.2, 0) is 32.7 Å². The number of unbranched alkanes of at least 4 members (excludes halogenated alkanes) is 33. The molecule has 0 amide bonds. The Balaban J connectivity index is 3.92. The zero-order chi connectivity index (χ0) is 51.7. The second-order valence-electron chi connectivity index (χ2n) is 19.9. The zero-order valence-electron chi connectivity index (χ0n) is 46.2. The van der Waals surface area contributed by atoms with Crippen molar-refractivity contribution in [3.8, 4) is 0 Å². The first-order valence-electron chi connectivity index (χ1n) is 29.8. The van der Waals surface area contributed by atoms with Crippen LogP contribution in [-0.4, -0.2) is 49.3 Å². The third kappa shape index (κ3) is 56.9. The average molecular weight is 1020 g/mol. The number of phosphoric acid groups is 1. The van der Waals surface area contributed by atoms with E-state index in [1.54, 1.807) is 0 Å². The summed E-state index contributed by atoms with van der Waals surface area (Å²) in [4.78, 5) is 35.2. The lowest BCUT2D eigenvalue weighted by molar-refractivity contribution is -0.161. The third-order valence-corrected chi connectivity index (χ3v) is 13.9. The molecule has 0 bridgehead atoms. The van der Waals surface area contributed by atoms with E-state index in [9.17, 15) is 19.0 Å². The van der Waals surface area contributed by atoms with E-state index >= 15 is 0 Å². The zero-order valence-corrected chi connectivity index (χ0v) is 47.1. The van der Waals surface area contributed by atoms with Crippen LogP contribution in [0.2, 0.25) is 0 Å². The predicted molar refractivity (Wildman–Crippen MR) is 303 cm³/mol. The lowest BCUT2D eigenvalue weighted by atomic mass is 10.0. The molecule has 0 saturated heterocycles. The highest BCUT2D eigenvalue weighted by molar-refractivity contribution is 7.47. The van der Waals surface area contributed by atoms with E-state index in [2.05, 4.69) is 74.6 Å². The van der Waals surface area contributed by atoms with Crippen LogP contribution in [0.4, 0.5) is 0 Å². The number of allylic oxidation sites excluding steroid dienone is 10. The summed E-state index contributed by atoms with van der Waals surface area (Å²) in [6, 6.07) is 0. The van der Waals surface area contributed by atoms with Crippen molar-refractivity contribution < 1.29 is 37.6 Å². The third-order valence-electron chi connectivity index (χ3n) is 12.9. The summed E-state index contributed by atoms with van der Waals surface area (Å²) in [6.07, 6.45) is 71.3. The molecule has 0 aromatic carbocycles. The van der Waals surface area contributed by atoms with Gasteiger partial charge in [-0.25, -0.2) is 4.57 Å². The van der Waals surface area contributed by atoms with Gasteiger partial charge in [-0.15, -0.1) is 0 Å². The van der Waals surface area contributed by atoms with Crippen LogP contribution in [0.1, 0.15) is 284 Å². The van der Waals surface area contributed by atoms with Crippen LogP contribution in [0.5, 0.6) is 0 Å². The first-order valence-corrected chi connectivity index (χ1v) is 31.3. The molecule has 0 rings (SSSR count). The SMILES string of the molecule is CCCCC/C=C\C/C=C\CCCCCCCCCCCC(=O)OCC(COP(=O)(O)OCCN)OC(=O)CCCCCCCCCCCCCCCCCC/C=C\C/C=C\C/C=C\CCCCCCC. The van der Waals surface area contributed by atoms with Crippen molar-refractivity contribution in [1.82, 2.24) is 0 Å². The van der Waals surface area contributed by atoms with E-state index < -0.39 is 26.5 Å². The Bertz CT molecular complexity index is 1350. The van der Waals surface area contributed by atoms with E-state index in [4.69, 9.17) is 24.3 Å². The Morgan fingerprint density at radius 2 is 0.732 bits per heavy atom. The molecule has 3 N–H and O–H groups in total. The number of hydrogen-bond acceptors (Lipinski definition) is 8. The van der Waals surface area contributed by atoms with Crippen molar-refractivity contribution >= 4 is 19.8 Å². The lowest BCUT2D eigenvalue weighted by Gasteiger charge is -2.19. The van der Waals surface area contributed by atoms with Crippen LogP contribution in [0.15, 0.2) is 60.8 Å². The van der Waals surface area contributed by atoms with E-state index in [0.29, 0.717) is 6.42 Å². The lowest BCUT2D eigenvalue weighted by Crippen LogP contribution is -2.29. The van der Waals surface area contributed by atoms with Crippen molar-refractivity contribution in [2.45, 2.75) is 290 Å². The Hall–Kier alpha value is -2.29. The molecule has 0 aliphatic heterocycles. The molecule has 0 aliphatic carbocycles. The molecule has 414 valence electrons. The molecule has 0 aromatic heterocycles. The molecule has 0 spiro atoms. The van der Waals surface area contributed by atoms with Crippen LogP contribution in [0.3, 0.4) is 0 Å². The van der Waals surface area contributed by atoms with Gasteiger partial charge >= 0.3 is 19.8 Å². The first-order chi connectivity index (χ1) is 34.8. The number of hydrogen-bond donors (Lipinski definition) is 2. The summed E-state index contributed by atoms with van der Waals surface area (Å²) >= 11 is 0. The van der Waals surface area contributed by atoms with Gasteiger partial charge < -0.3 is 20.1 Å². The summed E-state index contributed by atoms with van der Waals surface area (Å²) in [7, 11) is -4.39. The topological polar surface area (TPSA) is 134 Å². The van der Waals surface area contributed by atoms with E-state index in [1.807, 2.05) is 0 Å². The minimum atomic E-state index is -4.39. The fourth-order valence-corrected chi connectivity index (χ4v) is 9.20. The fraction of sp³-hybridized carbons (Fsp3) is 0.803. The summed E-state index contributed by atoms with van der Waals surface area (Å²) < 4.78 is 33.0. The van der Waals surface area contributed by atoms with E-state index in [0.717, 1.165) is 57.8 Å². The van der Waals surface area contributed by atoms with Crippen LogP contribution in [0.25, 0.3) is 0 Å². The molecular weight excluding hydrogens is 906 g/mol. The maximum absolute atomic E-state index is 12.7. The van der Waals surface area contributed by atoms with E-state index in [-0.39, 0.29) is 38.6 Å². The molecule has 0 saturated carbocycles. The Morgan fingerprint density at radius 1 is 0.423 bits per heavy atom. The van der Waals surface area contributed by atoms with Gasteiger partial charge in [0.25, 0.3) is 0 Å². The van der Waals surface area contributed by atoms with Crippen LogP contribution < -0.4 is 5.73 Å². The number of esters is 2. The average Bonchev–Trinajstić information content (AvgIpc) is 3.36. The van der Waals surface area contributed by atoms with Gasteiger partial charge in [-0.3, -0.25) is 18.6 Å². The highest BCUT2D eigenvalue weighted by Crippen LogP contribution is 2.43. The van der Waals surface area contributed by atoms with Crippen molar-refractivity contribution in [2.24, 2.45) is 5.73 Å². The van der Waals surface area contributed by atoms with Crippen molar-refractivity contribution in [3.05, 3.63) is 60.8 Å². The van der Waals surface area contributed by atoms with Crippen LogP contribution in [0, 0.1) is 0 Å². The van der Waals surface area contributed by atoms with Gasteiger partial charge in [-0.2, -0.15) is 0 Å². The minimum absolute atomic E-state index is 0.0521. The normalized spacial score (nSPS) is 13.5. The molecule has 9 nitrogen and oxygen atoms in total. The Kier molecular flexibility index (Phi) is 55.2. The van der Waals surface area contributed by atoms with Gasteiger partial charge in [0.05, 0.1) is 13.2 Å². The molecule has 0 fully saturated rings.